The molecule has 0 aromatic heterocycles. The molecule has 0 heterocycles. The summed E-state index contributed by atoms with van der Waals surface area (Å²) in [6.07, 6.45) is -0.619. The molecule has 18 heavy (non-hydrogen) atoms. The van der Waals surface area contributed by atoms with Crippen molar-refractivity contribution in [3.8, 4) is 0 Å². The summed E-state index contributed by atoms with van der Waals surface area (Å²) in [5, 5.41) is 2.58. The molecule has 1 aliphatic carbocycles. The van der Waals surface area contributed by atoms with Gasteiger partial charge in [-0.3, -0.25) is 4.79 Å². The standard InChI is InChI=1S/C11H19F3N2O2/c12-11(13,14)7-18-6-10(17)16-5-8-1-3-9(15)4-2-8/h8-9H,1-7,15H2,(H,16,17). The molecule has 0 atom stereocenters. The molecule has 106 valence electrons. The highest BCUT2D eigenvalue weighted by molar-refractivity contribution is 5.77. The average molecular weight is 268 g/mol. The maximum Gasteiger partial charge on any atom is 0.411 e. The molecule has 1 fully saturated rings. The van der Waals surface area contributed by atoms with E-state index in [-0.39, 0.29) is 6.04 Å². The van der Waals surface area contributed by atoms with E-state index in [1.165, 1.54) is 0 Å². The van der Waals surface area contributed by atoms with E-state index in [4.69, 9.17) is 5.73 Å². The minimum absolute atomic E-state index is 0.243. The van der Waals surface area contributed by atoms with Gasteiger partial charge in [-0.15, -0.1) is 0 Å². The number of amides is 1. The van der Waals surface area contributed by atoms with Crippen molar-refractivity contribution in [2.75, 3.05) is 19.8 Å². The van der Waals surface area contributed by atoms with Crippen LogP contribution >= 0.6 is 0 Å². The van der Waals surface area contributed by atoms with Crippen LogP contribution in [-0.2, 0) is 9.53 Å². The Morgan fingerprint density at radius 3 is 2.44 bits per heavy atom. The molecule has 0 radical (unpaired) electrons. The van der Waals surface area contributed by atoms with E-state index in [0.717, 1.165) is 25.7 Å². The topological polar surface area (TPSA) is 64.3 Å². The predicted octanol–water partition coefficient (Wildman–Crippen LogP) is 1.20. The number of nitrogens with one attached hydrogen (secondary N) is 1. The molecule has 7 heteroatoms. The lowest BCUT2D eigenvalue weighted by Crippen LogP contribution is -2.36. The minimum atomic E-state index is -4.39. The summed E-state index contributed by atoms with van der Waals surface area (Å²) in [7, 11) is 0. The second kappa shape index (κ2) is 6.94. The second-order valence-corrected chi connectivity index (χ2v) is 4.69. The largest absolute Gasteiger partial charge is 0.411 e. The van der Waals surface area contributed by atoms with Crippen molar-refractivity contribution < 1.29 is 22.7 Å². The molecule has 1 aliphatic rings. The number of hydrogen-bond donors (Lipinski definition) is 2. The number of hydrogen-bond acceptors (Lipinski definition) is 3. The molecule has 4 nitrogen and oxygen atoms in total. The van der Waals surface area contributed by atoms with Crippen molar-refractivity contribution in [1.82, 2.24) is 5.32 Å². The molecular weight excluding hydrogens is 249 g/mol. The van der Waals surface area contributed by atoms with Crippen LogP contribution in [0.3, 0.4) is 0 Å². The first-order chi connectivity index (χ1) is 8.37. The molecule has 0 saturated heterocycles. The van der Waals surface area contributed by atoms with Crippen molar-refractivity contribution in [2.45, 2.75) is 37.9 Å². The number of rotatable bonds is 5. The molecule has 0 aromatic carbocycles. The third-order valence-electron chi connectivity index (χ3n) is 2.98. The van der Waals surface area contributed by atoms with Gasteiger partial charge in [0.25, 0.3) is 0 Å². The van der Waals surface area contributed by atoms with E-state index in [1.54, 1.807) is 0 Å². The van der Waals surface area contributed by atoms with Gasteiger partial charge in [-0.1, -0.05) is 0 Å². The van der Waals surface area contributed by atoms with Crippen LogP contribution in [0.25, 0.3) is 0 Å². The summed E-state index contributed by atoms with van der Waals surface area (Å²) in [6, 6.07) is 0.243. The SMILES string of the molecule is NC1CCC(CNC(=O)COCC(F)(F)F)CC1. The number of alkyl halides is 3. The van der Waals surface area contributed by atoms with Crippen LogP contribution in [0, 0.1) is 5.92 Å². The van der Waals surface area contributed by atoms with Crippen LogP contribution in [0.4, 0.5) is 13.2 Å². The maximum absolute atomic E-state index is 11.8. The van der Waals surface area contributed by atoms with E-state index in [9.17, 15) is 18.0 Å². The van der Waals surface area contributed by atoms with Crippen molar-refractivity contribution in [2.24, 2.45) is 11.7 Å². The highest BCUT2D eigenvalue weighted by Crippen LogP contribution is 2.22. The molecule has 1 saturated carbocycles. The zero-order valence-corrected chi connectivity index (χ0v) is 10.1. The van der Waals surface area contributed by atoms with Crippen molar-refractivity contribution in [3.05, 3.63) is 0 Å². The van der Waals surface area contributed by atoms with Crippen molar-refractivity contribution >= 4 is 5.91 Å². The normalized spacial score (nSPS) is 24.9. The van der Waals surface area contributed by atoms with Crippen LogP contribution in [0.2, 0.25) is 0 Å². The third-order valence-corrected chi connectivity index (χ3v) is 2.98. The Kier molecular flexibility index (Phi) is 5.87. The summed E-state index contributed by atoms with van der Waals surface area (Å²) in [4.78, 5) is 11.2. The maximum atomic E-state index is 11.8. The first kappa shape index (κ1) is 15.2. The Bertz CT molecular complexity index is 264. The highest BCUT2D eigenvalue weighted by Gasteiger charge is 2.27. The Morgan fingerprint density at radius 1 is 1.28 bits per heavy atom. The van der Waals surface area contributed by atoms with Gasteiger partial charge in [0.05, 0.1) is 0 Å². The molecule has 0 spiro atoms. The van der Waals surface area contributed by atoms with E-state index < -0.39 is 25.3 Å². The molecule has 3 N–H and O–H groups in total. The number of carbonyl (C=O) groups is 1. The molecule has 0 bridgehead atoms. The van der Waals surface area contributed by atoms with Gasteiger partial charge in [0.15, 0.2) is 0 Å². The lowest BCUT2D eigenvalue weighted by Gasteiger charge is -2.26. The molecule has 1 amide bonds. The first-order valence-corrected chi connectivity index (χ1v) is 6.03. The quantitative estimate of drug-likeness (QED) is 0.787. The van der Waals surface area contributed by atoms with Gasteiger partial charge in [0, 0.05) is 12.6 Å². The minimum Gasteiger partial charge on any atom is -0.362 e. The third kappa shape index (κ3) is 6.80. The average Bonchev–Trinajstić information content (AvgIpc) is 2.26. The summed E-state index contributed by atoms with van der Waals surface area (Å²) >= 11 is 0. The first-order valence-electron chi connectivity index (χ1n) is 6.03. The van der Waals surface area contributed by atoms with Gasteiger partial charge in [0.2, 0.25) is 5.91 Å². The van der Waals surface area contributed by atoms with E-state index in [2.05, 4.69) is 10.1 Å². The van der Waals surface area contributed by atoms with Crippen LogP contribution in [0.5, 0.6) is 0 Å². The van der Waals surface area contributed by atoms with Crippen LogP contribution in [0.15, 0.2) is 0 Å². The second-order valence-electron chi connectivity index (χ2n) is 4.69. The fraction of sp³-hybridized carbons (Fsp3) is 0.909. The van der Waals surface area contributed by atoms with Crippen molar-refractivity contribution in [1.29, 1.82) is 0 Å². The molecular formula is C11H19F3N2O2. The zero-order chi connectivity index (χ0) is 13.6. The van der Waals surface area contributed by atoms with Crippen LogP contribution in [0.1, 0.15) is 25.7 Å². The monoisotopic (exact) mass is 268 g/mol. The number of carbonyl (C=O) groups excluding carboxylic acids is 1. The fourth-order valence-corrected chi connectivity index (χ4v) is 1.96. The number of ether oxygens (including phenoxy) is 1. The highest BCUT2D eigenvalue weighted by atomic mass is 19.4. The summed E-state index contributed by atoms with van der Waals surface area (Å²) in [5.74, 6) is -0.134. The lowest BCUT2D eigenvalue weighted by atomic mass is 9.86. The molecule has 1 rings (SSSR count). The van der Waals surface area contributed by atoms with Crippen molar-refractivity contribution in [3.63, 3.8) is 0 Å². The smallest absolute Gasteiger partial charge is 0.362 e. The van der Waals surface area contributed by atoms with E-state index >= 15 is 0 Å². The zero-order valence-electron chi connectivity index (χ0n) is 10.1. The summed E-state index contributed by atoms with van der Waals surface area (Å²) in [6.45, 7) is -1.45. The Morgan fingerprint density at radius 2 is 1.89 bits per heavy atom. The van der Waals surface area contributed by atoms with Gasteiger partial charge in [-0.05, 0) is 31.6 Å². The Labute approximate surface area is 104 Å². The van der Waals surface area contributed by atoms with Crippen LogP contribution < -0.4 is 11.1 Å². The Balaban J connectivity index is 2.06. The number of halogens is 3. The van der Waals surface area contributed by atoms with Gasteiger partial charge < -0.3 is 15.8 Å². The van der Waals surface area contributed by atoms with E-state index in [0.29, 0.717) is 12.5 Å². The fourth-order valence-electron chi connectivity index (χ4n) is 1.96. The van der Waals surface area contributed by atoms with E-state index in [1.807, 2.05) is 0 Å². The summed E-state index contributed by atoms with van der Waals surface area (Å²) < 4.78 is 39.5. The molecule has 0 unspecified atom stereocenters. The predicted molar refractivity (Wildman–Crippen MR) is 59.8 cm³/mol. The molecule has 0 aromatic rings. The van der Waals surface area contributed by atoms with Gasteiger partial charge in [0.1, 0.15) is 13.2 Å². The van der Waals surface area contributed by atoms with Crippen LogP contribution in [-0.4, -0.2) is 37.9 Å². The summed E-state index contributed by atoms with van der Waals surface area (Å²) in [5.41, 5.74) is 5.75. The number of nitrogens with two attached hydrogens (primary N) is 1. The van der Waals surface area contributed by atoms with Gasteiger partial charge in [-0.25, -0.2) is 0 Å². The molecule has 0 aliphatic heterocycles. The lowest BCUT2D eigenvalue weighted by molar-refractivity contribution is -0.175. The van der Waals surface area contributed by atoms with Gasteiger partial charge >= 0.3 is 6.18 Å². The Hall–Kier alpha value is -0.820. The van der Waals surface area contributed by atoms with Gasteiger partial charge in [-0.2, -0.15) is 13.2 Å².